The molecule has 0 aromatic heterocycles. The predicted octanol–water partition coefficient (Wildman–Crippen LogP) is -0.116. The van der Waals surface area contributed by atoms with Crippen molar-refractivity contribution in [2.45, 2.75) is 37.8 Å². The molecule has 0 bridgehead atoms. The Labute approximate surface area is 167 Å². The molecule has 3 N–H and O–H groups in total. The van der Waals surface area contributed by atoms with E-state index in [-0.39, 0.29) is 12.1 Å². The summed E-state index contributed by atoms with van der Waals surface area (Å²) in [6, 6.07) is 8.68. The highest BCUT2D eigenvalue weighted by atomic mass is 16.5. The van der Waals surface area contributed by atoms with E-state index in [9.17, 15) is 9.59 Å². The summed E-state index contributed by atoms with van der Waals surface area (Å²) < 4.78 is 5.50. The number of carbonyl (C=O) groups excluding carboxylic acids is 2. The van der Waals surface area contributed by atoms with Gasteiger partial charge < -0.3 is 25.2 Å². The van der Waals surface area contributed by atoms with E-state index in [1.54, 1.807) is 0 Å². The van der Waals surface area contributed by atoms with Gasteiger partial charge in [-0.25, -0.2) is 0 Å². The number of ether oxygens (including phenoxy) is 1. The van der Waals surface area contributed by atoms with Gasteiger partial charge in [-0.05, 0) is 25.0 Å². The average molecular weight is 390 g/mol. The van der Waals surface area contributed by atoms with Gasteiger partial charge in [-0.3, -0.25) is 9.59 Å². The molecule has 28 heavy (non-hydrogen) atoms. The molecule has 1 aromatic rings. The van der Waals surface area contributed by atoms with Crippen molar-refractivity contribution in [2.24, 2.45) is 0 Å². The van der Waals surface area contributed by atoms with E-state index in [4.69, 9.17) is 4.74 Å². The topological polar surface area (TPSA) is 75.1 Å². The quantitative estimate of drug-likeness (QED) is 0.594. The number of nitrogens with one attached hydrogen (secondary N) is 3. The molecule has 0 radical (unpaired) electrons. The van der Waals surface area contributed by atoms with Crippen LogP contribution in [0.3, 0.4) is 0 Å². The summed E-state index contributed by atoms with van der Waals surface area (Å²) in [5, 5.41) is 5.72. The first-order valence-electron chi connectivity index (χ1n) is 10.3. The molecule has 1 saturated heterocycles. The number of rotatable bonds is 6. The highest BCUT2D eigenvalue weighted by Crippen LogP contribution is 2.18. The highest BCUT2D eigenvalue weighted by Gasteiger charge is 2.28. The van der Waals surface area contributed by atoms with E-state index >= 15 is 0 Å². The van der Waals surface area contributed by atoms with Gasteiger partial charge in [0.25, 0.3) is 0 Å². The Morgan fingerprint density at radius 1 is 1.11 bits per heavy atom. The first kappa shape index (κ1) is 20.6. The monoisotopic (exact) mass is 389 g/mol. The van der Waals surface area contributed by atoms with Crippen LogP contribution in [0, 0.1) is 0 Å². The molecule has 7 heteroatoms. The Morgan fingerprint density at radius 2 is 1.75 bits per heavy atom. The van der Waals surface area contributed by atoms with Crippen molar-refractivity contribution < 1.29 is 19.2 Å². The smallest absolute Gasteiger partial charge is 0.309 e. The van der Waals surface area contributed by atoms with E-state index < -0.39 is 11.8 Å². The van der Waals surface area contributed by atoms with Crippen molar-refractivity contribution >= 4 is 17.5 Å². The average Bonchev–Trinajstić information content (AvgIpc) is 3.22. The number of hydrogen-bond donors (Lipinski definition) is 3. The molecule has 1 heterocycles. The second kappa shape index (κ2) is 9.89. The zero-order valence-corrected chi connectivity index (χ0v) is 17.0. The lowest BCUT2D eigenvalue weighted by molar-refractivity contribution is -0.937. The molecule has 7 nitrogen and oxygen atoms in total. The van der Waals surface area contributed by atoms with Crippen LogP contribution in [0.5, 0.6) is 0 Å². The zero-order valence-electron chi connectivity index (χ0n) is 17.0. The third kappa shape index (κ3) is 5.45. The van der Waals surface area contributed by atoms with E-state index in [2.05, 4.69) is 39.8 Å². The van der Waals surface area contributed by atoms with E-state index in [0.717, 1.165) is 57.7 Å². The first-order chi connectivity index (χ1) is 13.5. The standard InChI is InChI=1S/C21H32N4O3/c1-24(2)18-9-7-16(8-10-18)19(25-11-13-28-14-12-25)15-22-20(26)21(27)23-17-5-3-4-6-17/h7-10,17,19H,3-6,11-15H2,1-2H3,(H,22,26)(H,23,27)/p+1/t19-/m0/s1. The number of hydrogen-bond acceptors (Lipinski definition) is 4. The third-order valence-corrected chi connectivity index (χ3v) is 5.80. The summed E-state index contributed by atoms with van der Waals surface area (Å²) in [6.07, 6.45) is 4.19. The van der Waals surface area contributed by atoms with Gasteiger partial charge in [0, 0.05) is 31.4 Å². The van der Waals surface area contributed by atoms with Crippen LogP contribution in [-0.2, 0) is 14.3 Å². The Morgan fingerprint density at radius 3 is 2.36 bits per heavy atom. The predicted molar refractivity (Wildman–Crippen MR) is 108 cm³/mol. The molecule has 1 aliphatic carbocycles. The Hall–Kier alpha value is -2.12. The number of carbonyl (C=O) groups is 2. The fraction of sp³-hybridized carbons (Fsp3) is 0.619. The minimum atomic E-state index is -0.533. The largest absolute Gasteiger partial charge is 0.378 e. The zero-order chi connectivity index (χ0) is 19.9. The van der Waals surface area contributed by atoms with Crippen LogP contribution in [0.15, 0.2) is 24.3 Å². The molecular weight excluding hydrogens is 356 g/mol. The second-order valence-electron chi connectivity index (χ2n) is 7.97. The van der Waals surface area contributed by atoms with Crippen LogP contribution in [0.4, 0.5) is 5.69 Å². The minimum Gasteiger partial charge on any atom is -0.378 e. The summed E-state index contributed by atoms with van der Waals surface area (Å²) in [4.78, 5) is 28.0. The Kier molecular flexibility index (Phi) is 7.28. The normalized spacial score (nSPS) is 19.2. The summed E-state index contributed by atoms with van der Waals surface area (Å²) in [5.74, 6) is -1.04. The van der Waals surface area contributed by atoms with Gasteiger partial charge in [0.15, 0.2) is 0 Å². The second-order valence-corrected chi connectivity index (χ2v) is 7.97. The van der Waals surface area contributed by atoms with Crippen LogP contribution >= 0.6 is 0 Å². The van der Waals surface area contributed by atoms with Gasteiger partial charge in [0.2, 0.25) is 0 Å². The lowest BCUT2D eigenvalue weighted by Gasteiger charge is -2.32. The molecular formula is C21H33N4O3+. The molecule has 154 valence electrons. The highest BCUT2D eigenvalue weighted by molar-refractivity contribution is 6.35. The molecule has 2 fully saturated rings. The molecule has 2 amide bonds. The molecule has 0 unspecified atom stereocenters. The van der Waals surface area contributed by atoms with Gasteiger partial charge in [0.1, 0.15) is 19.1 Å². The van der Waals surface area contributed by atoms with Crippen LogP contribution in [-0.4, -0.2) is 64.8 Å². The molecule has 1 aliphatic heterocycles. The maximum Gasteiger partial charge on any atom is 0.309 e. The number of amides is 2. The van der Waals surface area contributed by atoms with Gasteiger partial charge in [0.05, 0.1) is 19.8 Å². The van der Waals surface area contributed by atoms with Crippen LogP contribution in [0.25, 0.3) is 0 Å². The van der Waals surface area contributed by atoms with Crippen LogP contribution in [0.1, 0.15) is 37.3 Å². The summed E-state index contributed by atoms with van der Waals surface area (Å²) in [5.41, 5.74) is 2.30. The van der Waals surface area contributed by atoms with Gasteiger partial charge in [-0.15, -0.1) is 0 Å². The third-order valence-electron chi connectivity index (χ3n) is 5.80. The number of nitrogens with zero attached hydrogens (tertiary/aromatic N) is 1. The molecule has 2 aliphatic rings. The Bertz CT molecular complexity index is 650. The Balaban J connectivity index is 1.63. The molecule has 3 rings (SSSR count). The first-order valence-corrected chi connectivity index (χ1v) is 10.3. The fourth-order valence-electron chi connectivity index (χ4n) is 4.08. The SMILES string of the molecule is CN(C)c1ccc([C@H](CNC(=O)C(=O)NC2CCCC2)[NH+]2CCOCC2)cc1. The molecule has 1 saturated carbocycles. The van der Waals surface area contributed by atoms with Crippen molar-refractivity contribution in [1.82, 2.24) is 10.6 Å². The number of benzene rings is 1. The lowest BCUT2D eigenvalue weighted by Crippen LogP contribution is -3.15. The summed E-state index contributed by atoms with van der Waals surface area (Å²) in [6.45, 7) is 3.66. The van der Waals surface area contributed by atoms with Crippen molar-refractivity contribution in [1.29, 1.82) is 0 Å². The lowest BCUT2D eigenvalue weighted by atomic mass is 10.0. The summed E-state index contributed by atoms with van der Waals surface area (Å²) >= 11 is 0. The molecule has 1 atom stereocenters. The van der Waals surface area contributed by atoms with Crippen LogP contribution in [0.2, 0.25) is 0 Å². The molecule has 1 aromatic carbocycles. The maximum absolute atomic E-state index is 12.3. The minimum absolute atomic E-state index is 0.100. The summed E-state index contributed by atoms with van der Waals surface area (Å²) in [7, 11) is 4.03. The maximum atomic E-state index is 12.3. The van der Waals surface area contributed by atoms with Gasteiger partial charge >= 0.3 is 11.8 Å². The van der Waals surface area contributed by atoms with E-state index in [1.165, 1.54) is 10.5 Å². The van der Waals surface area contributed by atoms with Gasteiger partial charge in [-0.2, -0.15) is 0 Å². The number of quaternary nitrogens is 1. The number of morpholine rings is 1. The number of anilines is 1. The fourth-order valence-corrected chi connectivity index (χ4v) is 4.08. The van der Waals surface area contributed by atoms with E-state index in [0.29, 0.717) is 6.54 Å². The van der Waals surface area contributed by atoms with Crippen molar-refractivity contribution in [3.8, 4) is 0 Å². The molecule has 0 spiro atoms. The van der Waals surface area contributed by atoms with Crippen LogP contribution < -0.4 is 20.4 Å². The van der Waals surface area contributed by atoms with Crippen molar-refractivity contribution in [3.63, 3.8) is 0 Å². The van der Waals surface area contributed by atoms with Crippen molar-refractivity contribution in [3.05, 3.63) is 29.8 Å². The van der Waals surface area contributed by atoms with Gasteiger partial charge in [-0.1, -0.05) is 25.0 Å². The van der Waals surface area contributed by atoms with E-state index in [1.807, 2.05) is 14.1 Å². The van der Waals surface area contributed by atoms with Crippen molar-refractivity contribution in [2.75, 3.05) is 51.8 Å².